The SMILES string of the molecule is C=C/C(=C\C)C(=O)OC(C)COC(C)COC(=O)c1ccccc1. The molecule has 2 unspecified atom stereocenters. The summed E-state index contributed by atoms with van der Waals surface area (Å²) in [4.78, 5) is 23.6. The van der Waals surface area contributed by atoms with E-state index in [1.54, 1.807) is 51.1 Å². The topological polar surface area (TPSA) is 61.8 Å². The van der Waals surface area contributed by atoms with Crippen LogP contribution in [0, 0.1) is 0 Å². The predicted molar refractivity (Wildman–Crippen MR) is 91.6 cm³/mol. The van der Waals surface area contributed by atoms with E-state index in [1.807, 2.05) is 6.07 Å². The molecule has 0 radical (unpaired) electrons. The van der Waals surface area contributed by atoms with Crippen LogP contribution in [0.25, 0.3) is 0 Å². The molecular formula is C19H24O5. The normalized spacial score (nSPS) is 13.7. The summed E-state index contributed by atoms with van der Waals surface area (Å²) in [6.45, 7) is 9.15. The summed E-state index contributed by atoms with van der Waals surface area (Å²) in [5.41, 5.74) is 0.905. The maximum atomic E-state index is 11.8. The van der Waals surface area contributed by atoms with Crippen LogP contribution < -0.4 is 0 Å². The fourth-order valence-electron chi connectivity index (χ4n) is 1.80. The standard InChI is InChI=1S/C19H24O5/c1-5-16(6-2)19(21)24-15(4)13-22-14(3)12-23-18(20)17-10-8-7-9-11-17/h5-11,14-15H,1,12-13H2,2-4H3/b16-6+. The van der Waals surface area contributed by atoms with Crippen molar-refractivity contribution < 1.29 is 23.8 Å². The number of carbonyl (C=O) groups is 2. The molecule has 0 fully saturated rings. The van der Waals surface area contributed by atoms with Gasteiger partial charge in [0.1, 0.15) is 12.7 Å². The summed E-state index contributed by atoms with van der Waals surface area (Å²) < 4.78 is 15.9. The number of ether oxygens (including phenoxy) is 3. The molecule has 130 valence electrons. The Labute approximate surface area is 142 Å². The highest BCUT2D eigenvalue weighted by Gasteiger charge is 2.15. The molecule has 0 N–H and O–H groups in total. The van der Waals surface area contributed by atoms with Crippen LogP contribution in [-0.4, -0.2) is 37.4 Å². The van der Waals surface area contributed by atoms with E-state index in [0.717, 1.165) is 0 Å². The van der Waals surface area contributed by atoms with Crippen molar-refractivity contribution in [3.05, 3.63) is 60.2 Å². The Balaban J connectivity index is 2.30. The van der Waals surface area contributed by atoms with E-state index in [1.165, 1.54) is 6.08 Å². The van der Waals surface area contributed by atoms with Crippen LogP contribution in [0.3, 0.4) is 0 Å². The van der Waals surface area contributed by atoms with Gasteiger partial charge < -0.3 is 14.2 Å². The average molecular weight is 332 g/mol. The summed E-state index contributed by atoms with van der Waals surface area (Å²) in [7, 11) is 0. The molecule has 1 aromatic rings. The third kappa shape index (κ3) is 6.79. The van der Waals surface area contributed by atoms with E-state index in [-0.39, 0.29) is 19.3 Å². The molecular weight excluding hydrogens is 308 g/mol. The lowest BCUT2D eigenvalue weighted by atomic mass is 10.2. The first-order valence-corrected chi connectivity index (χ1v) is 7.81. The molecule has 0 saturated carbocycles. The third-order valence-corrected chi connectivity index (χ3v) is 3.15. The molecule has 5 nitrogen and oxygen atoms in total. The van der Waals surface area contributed by atoms with Gasteiger partial charge in [0, 0.05) is 0 Å². The largest absolute Gasteiger partial charge is 0.459 e. The van der Waals surface area contributed by atoms with Crippen molar-refractivity contribution in [3.8, 4) is 0 Å². The molecule has 0 amide bonds. The lowest BCUT2D eigenvalue weighted by molar-refractivity contribution is -0.147. The number of benzene rings is 1. The molecule has 24 heavy (non-hydrogen) atoms. The van der Waals surface area contributed by atoms with Crippen molar-refractivity contribution in [2.24, 2.45) is 0 Å². The lowest BCUT2D eigenvalue weighted by Gasteiger charge is -2.18. The Hall–Kier alpha value is -2.40. The summed E-state index contributed by atoms with van der Waals surface area (Å²) in [5, 5.41) is 0. The van der Waals surface area contributed by atoms with Crippen LogP contribution in [0.2, 0.25) is 0 Å². The Morgan fingerprint density at radius 3 is 2.38 bits per heavy atom. The van der Waals surface area contributed by atoms with E-state index in [9.17, 15) is 9.59 Å². The van der Waals surface area contributed by atoms with Crippen LogP contribution in [0.1, 0.15) is 31.1 Å². The number of carbonyl (C=O) groups excluding carboxylic acids is 2. The molecule has 0 aliphatic rings. The van der Waals surface area contributed by atoms with E-state index in [0.29, 0.717) is 11.1 Å². The zero-order valence-corrected chi connectivity index (χ0v) is 14.4. The molecule has 2 atom stereocenters. The van der Waals surface area contributed by atoms with E-state index in [4.69, 9.17) is 14.2 Å². The van der Waals surface area contributed by atoms with Crippen molar-refractivity contribution >= 4 is 11.9 Å². The Morgan fingerprint density at radius 1 is 1.12 bits per heavy atom. The molecule has 0 aromatic heterocycles. The highest BCUT2D eigenvalue weighted by atomic mass is 16.6. The Kier molecular flexibility index (Phi) is 8.50. The maximum absolute atomic E-state index is 11.8. The molecule has 0 bridgehead atoms. The minimum absolute atomic E-state index is 0.126. The van der Waals surface area contributed by atoms with Crippen LogP contribution in [0.4, 0.5) is 0 Å². The zero-order valence-electron chi connectivity index (χ0n) is 14.4. The van der Waals surface area contributed by atoms with Gasteiger partial charge in [-0.15, -0.1) is 0 Å². The fraction of sp³-hybridized carbons (Fsp3) is 0.368. The first-order valence-electron chi connectivity index (χ1n) is 7.81. The molecule has 1 rings (SSSR count). The van der Waals surface area contributed by atoms with Crippen molar-refractivity contribution in [1.29, 1.82) is 0 Å². The Bertz CT molecular complexity index is 577. The molecule has 0 saturated heterocycles. The van der Waals surface area contributed by atoms with Gasteiger partial charge in [-0.05, 0) is 32.9 Å². The van der Waals surface area contributed by atoms with Crippen LogP contribution in [0.15, 0.2) is 54.6 Å². The highest BCUT2D eigenvalue weighted by Crippen LogP contribution is 2.06. The molecule has 1 aromatic carbocycles. The quantitative estimate of drug-likeness (QED) is 0.394. The molecule has 0 spiro atoms. The maximum Gasteiger partial charge on any atom is 0.338 e. The molecule has 0 heterocycles. The van der Waals surface area contributed by atoms with Crippen molar-refractivity contribution in [2.75, 3.05) is 13.2 Å². The third-order valence-electron chi connectivity index (χ3n) is 3.15. The van der Waals surface area contributed by atoms with Crippen LogP contribution in [0.5, 0.6) is 0 Å². The smallest absolute Gasteiger partial charge is 0.338 e. The predicted octanol–water partition coefficient (Wildman–Crippen LogP) is 3.31. The number of allylic oxidation sites excluding steroid dienone is 1. The molecule has 5 heteroatoms. The monoisotopic (exact) mass is 332 g/mol. The minimum Gasteiger partial charge on any atom is -0.459 e. The van der Waals surface area contributed by atoms with Gasteiger partial charge >= 0.3 is 11.9 Å². The lowest BCUT2D eigenvalue weighted by Crippen LogP contribution is -2.26. The van der Waals surface area contributed by atoms with Crippen molar-refractivity contribution in [2.45, 2.75) is 33.0 Å². The zero-order chi connectivity index (χ0) is 17.9. The summed E-state index contributed by atoms with van der Waals surface area (Å²) in [5.74, 6) is -0.832. The van der Waals surface area contributed by atoms with Gasteiger partial charge in [0.05, 0.1) is 23.8 Å². The number of hydrogen-bond acceptors (Lipinski definition) is 5. The minimum atomic E-state index is -0.438. The van der Waals surface area contributed by atoms with Crippen LogP contribution >= 0.6 is 0 Å². The summed E-state index contributed by atoms with van der Waals surface area (Å²) in [6, 6.07) is 8.75. The van der Waals surface area contributed by atoms with Gasteiger partial charge in [-0.3, -0.25) is 0 Å². The van der Waals surface area contributed by atoms with Crippen LogP contribution in [-0.2, 0) is 19.0 Å². The first-order chi connectivity index (χ1) is 11.5. The van der Waals surface area contributed by atoms with Gasteiger partial charge in [0.15, 0.2) is 0 Å². The number of hydrogen-bond donors (Lipinski definition) is 0. The molecule has 0 aliphatic heterocycles. The van der Waals surface area contributed by atoms with Gasteiger partial charge in [0.2, 0.25) is 0 Å². The Morgan fingerprint density at radius 2 is 1.79 bits per heavy atom. The number of esters is 2. The summed E-state index contributed by atoms with van der Waals surface area (Å²) >= 11 is 0. The second-order valence-electron chi connectivity index (χ2n) is 5.27. The van der Waals surface area contributed by atoms with E-state index >= 15 is 0 Å². The van der Waals surface area contributed by atoms with E-state index in [2.05, 4.69) is 6.58 Å². The van der Waals surface area contributed by atoms with Gasteiger partial charge in [0.25, 0.3) is 0 Å². The van der Waals surface area contributed by atoms with E-state index < -0.39 is 18.0 Å². The van der Waals surface area contributed by atoms with Gasteiger partial charge in [-0.1, -0.05) is 36.9 Å². The van der Waals surface area contributed by atoms with Crippen molar-refractivity contribution in [3.63, 3.8) is 0 Å². The van der Waals surface area contributed by atoms with Crippen molar-refractivity contribution in [1.82, 2.24) is 0 Å². The average Bonchev–Trinajstić information content (AvgIpc) is 2.59. The molecule has 0 aliphatic carbocycles. The highest BCUT2D eigenvalue weighted by molar-refractivity contribution is 5.91. The second-order valence-corrected chi connectivity index (χ2v) is 5.27. The second kappa shape index (κ2) is 10.4. The van der Waals surface area contributed by atoms with Gasteiger partial charge in [-0.2, -0.15) is 0 Å². The number of rotatable bonds is 9. The van der Waals surface area contributed by atoms with Gasteiger partial charge in [-0.25, -0.2) is 9.59 Å². The first kappa shape index (κ1) is 19.6. The fourth-order valence-corrected chi connectivity index (χ4v) is 1.80. The summed E-state index contributed by atoms with van der Waals surface area (Å²) in [6.07, 6.45) is 2.36.